The molecule has 1 aromatic carbocycles. The summed E-state index contributed by atoms with van der Waals surface area (Å²) in [6, 6.07) is 11.4. The predicted molar refractivity (Wildman–Crippen MR) is 96.0 cm³/mol. The number of hydrogen-bond acceptors (Lipinski definition) is 4. The summed E-state index contributed by atoms with van der Waals surface area (Å²) >= 11 is 0. The number of carbonyl (C=O) groups is 1. The quantitative estimate of drug-likeness (QED) is 0.704. The van der Waals surface area contributed by atoms with Crippen molar-refractivity contribution in [3.8, 4) is 0 Å². The molecule has 3 rings (SSSR count). The molecule has 0 bridgehead atoms. The van der Waals surface area contributed by atoms with Crippen LogP contribution in [0.5, 0.6) is 0 Å². The van der Waals surface area contributed by atoms with E-state index in [1.807, 2.05) is 41.7 Å². The maximum absolute atomic E-state index is 13.3. The fourth-order valence-electron chi connectivity index (χ4n) is 2.43. The number of alkyl halides is 3. The number of allylic oxidation sites excluding steroid dienone is 1. The number of nitrogens with one attached hydrogen (secondary N) is 1. The average molecular weight is 387 g/mol. The van der Waals surface area contributed by atoms with E-state index in [0.29, 0.717) is 6.54 Å². The fourth-order valence-corrected chi connectivity index (χ4v) is 2.43. The molecule has 144 valence electrons. The van der Waals surface area contributed by atoms with Gasteiger partial charge in [0.15, 0.2) is 11.7 Å². The molecule has 1 amide bonds. The smallest absolute Gasteiger partial charge is 0.334 e. The van der Waals surface area contributed by atoms with Crippen molar-refractivity contribution in [3.05, 3.63) is 84.0 Å². The zero-order valence-electron chi connectivity index (χ0n) is 14.5. The van der Waals surface area contributed by atoms with Gasteiger partial charge in [-0.1, -0.05) is 53.8 Å². The largest absolute Gasteiger partial charge is 0.414 e. The monoisotopic (exact) mass is 387 g/mol. The molecule has 3 aromatic rings. The summed E-state index contributed by atoms with van der Waals surface area (Å²) < 4.78 is 41.3. The molecule has 2 heterocycles. The highest BCUT2D eigenvalue weighted by molar-refractivity contribution is 5.92. The van der Waals surface area contributed by atoms with Gasteiger partial charge in [-0.3, -0.25) is 9.78 Å². The summed E-state index contributed by atoms with van der Waals surface area (Å²) in [7, 11) is 0. The standard InChI is InChI=1S/C19H16F3N5O/c20-19(21,22)17(15-10-4-5-11-23-15)24-18(28)16-13-27(26-25-16)12-6-9-14-7-2-1-3-8-14/h1-11,13,17H,12H2,(H,24,28)/b9-6+. The van der Waals surface area contributed by atoms with Crippen molar-refractivity contribution in [2.75, 3.05) is 0 Å². The third-order valence-electron chi connectivity index (χ3n) is 3.76. The SMILES string of the molecule is O=C(NC(c1ccccn1)C(F)(F)F)c1cn(C/C=C/c2ccccc2)nn1. The van der Waals surface area contributed by atoms with E-state index in [1.54, 1.807) is 6.08 Å². The topological polar surface area (TPSA) is 72.7 Å². The summed E-state index contributed by atoms with van der Waals surface area (Å²) in [6.07, 6.45) is 1.49. The van der Waals surface area contributed by atoms with Gasteiger partial charge < -0.3 is 5.32 Å². The van der Waals surface area contributed by atoms with Gasteiger partial charge in [0.25, 0.3) is 5.91 Å². The van der Waals surface area contributed by atoms with Crippen LogP contribution in [0.15, 0.2) is 67.0 Å². The first-order valence-electron chi connectivity index (χ1n) is 8.34. The van der Waals surface area contributed by atoms with E-state index >= 15 is 0 Å². The maximum atomic E-state index is 13.3. The number of rotatable bonds is 6. The van der Waals surface area contributed by atoms with Crippen molar-refractivity contribution in [1.82, 2.24) is 25.3 Å². The highest BCUT2D eigenvalue weighted by atomic mass is 19.4. The Labute approximate surface area is 158 Å². The normalized spacial score (nSPS) is 12.8. The van der Waals surface area contributed by atoms with E-state index < -0.39 is 18.1 Å². The first kappa shape index (κ1) is 19.3. The summed E-state index contributed by atoms with van der Waals surface area (Å²) in [5, 5.41) is 9.34. The molecular formula is C19H16F3N5O. The zero-order valence-corrected chi connectivity index (χ0v) is 14.5. The molecule has 0 aliphatic rings. The van der Waals surface area contributed by atoms with Crippen molar-refractivity contribution >= 4 is 12.0 Å². The van der Waals surface area contributed by atoms with Crippen molar-refractivity contribution in [3.63, 3.8) is 0 Å². The van der Waals surface area contributed by atoms with E-state index in [2.05, 4.69) is 15.3 Å². The van der Waals surface area contributed by atoms with Crippen molar-refractivity contribution in [2.24, 2.45) is 0 Å². The van der Waals surface area contributed by atoms with E-state index in [1.165, 1.54) is 35.3 Å². The molecule has 0 saturated heterocycles. The molecule has 2 aromatic heterocycles. The summed E-state index contributed by atoms with van der Waals surface area (Å²) in [4.78, 5) is 15.9. The van der Waals surface area contributed by atoms with Crippen molar-refractivity contribution in [1.29, 1.82) is 0 Å². The Hall–Kier alpha value is -3.49. The van der Waals surface area contributed by atoms with Crippen LogP contribution in [0.4, 0.5) is 13.2 Å². The van der Waals surface area contributed by atoms with Crippen LogP contribution in [-0.4, -0.2) is 32.1 Å². The summed E-state index contributed by atoms with van der Waals surface area (Å²) in [5.41, 5.74) is 0.476. The van der Waals surface area contributed by atoms with Gasteiger partial charge in [-0.15, -0.1) is 5.10 Å². The molecule has 28 heavy (non-hydrogen) atoms. The minimum Gasteiger partial charge on any atom is -0.334 e. The lowest BCUT2D eigenvalue weighted by Crippen LogP contribution is -2.38. The van der Waals surface area contributed by atoms with Crippen molar-refractivity contribution in [2.45, 2.75) is 18.8 Å². The number of carbonyl (C=O) groups excluding carboxylic acids is 1. The first-order chi connectivity index (χ1) is 13.4. The van der Waals surface area contributed by atoms with Gasteiger partial charge in [0.1, 0.15) is 0 Å². The first-order valence-corrected chi connectivity index (χ1v) is 8.34. The Bertz CT molecular complexity index is 939. The number of pyridine rings is 1. The molecular weight excluding hydrogens is 371 g/mol. The lowest BCUT2D eigenvalue weighted by Gasteiger charge is -2.20. The maximum Gasteiger partial charge on any atom is 0.414 e. The van der Waals surface area contributed by atoms with Crippen LogP contribution >= 0.6 is 0 Å². The molecule has 0 aliphatic heterocycles. The minimum atomic E-state index is -4.70. The Morgan fingerprint density at radius 3 is 2.57 bits per heavy atom. The van der Waals surface area contributed by atoms with E-state index in [4.69, 9.17) is 0 Å². The molecule has 0 spiro atoms. The third-order valence-corrected chi connectivity index (χ3v) is 3.76. The molecule has 1 unspecified atom stereocenters. The van der Waals surface area contributed by atoms with Gasteiger partial charge >= 0.3 is 6.18 Å². The number of hydrogen-bond donors (Lipinski definition) is 1. The zero-order chi connectivity index (χ0) is 20.0. The van der Waals surface area contributed by atoms with E-state index in [9.17, 15) is 18.0 Å². The second kappa shape index (κ2) is 8.47. The van der Waals surface area contributed by atoms with E-state index in [-0.39, 0.29) is 11.4 Å². The Morgan fingerprint density at radius 2 is 1.89 bits per heavy atom. The number of nitrogens with zero attached hydrogens (tertiary/aromatic N) is 4. The fraction of sp³-hybridized carbons (Fsp3) is 0.158. The Kier molecular flexibility index (Phi) is 5.83. The number of halogens is 3. The van der Waals surface area contributed by atoms with Gasteiger partial charge in [-0.2, -0.15) is 13.2 Å². The van der Waals surface area contributed by atoms with Crippen LogP contribution in [0, 0.1) is 0 Å². The van der Waals surface area contributed by atoms with Gasteiger partial charge in [-0.05, 0) is 17.7 Å². The van der Waals surface area contributed by atoms with Crippen molar-refractivity contribution < 1.29 is 18.0 Å². The van der Waals surface area contributed by atoms with Crippen LogP contribution in [0.1, 0.15) is 27.8 Å². The lowest BCUT2D eigenvalue weighted by molar-refractivity contribution is -0.156. The molecule has 1 atom stereocenters. The molecule has 6 nitrogen and oxygen atoms in total. The van der Waals surface area contributed by atoms with Crippen LogP contribution in [0.3, 0.4) is 0 Å². The predicted octanol–water partition coefficient (Wildman–Crippen LogP) is 3.42. The second-order valence-electron chi connectivity index (χ2n) is 5.84. The molecule has 9 heteroatoms. The van der Waals surface area contributed by atoms with Crippen LogP contribution < -0.4 is 5.32 Å². The highest BCUT2D eigenvalue weighted by Gasteiger charge is 2.43. The third kappa shape index (κ3) is 5.03. The second-order valence-corrected chi connectivity index (χ2v) is 5.84. The van der Waals surface area contributed by atoms with Crippen LogP contribution in [0.25, 0.3) is 6.08 Å². The molecule has 1 N–H and O–H groups in total. The van der Waals surface area contributed by atoms with Gasteiger partial charge in [0.2, 0.25) is 0 Å². The number of benzene rings is 1. The van der Waals surface area contributed by atoms with Gasteiger partial charge in [0.05, 0.1) is 18.4 Å². The molecule has 0 saturated carbocycles. The number of amides is 1. The highest BCUT2D eigenvalue weighted by Crippen LogP contribution is 2.31. The van der Waals surface area contributed by atoms with Crippen LogP contribution in [0.2, 0.25) is 0 Å². The Morgan fingerprint density at radius 1 is 1.14 bits per heavy atom. The summed E-state index contributed by atoms with van der Waals surface area (Å²) in [5.74, 6) is -0.980. The lowest BCUT2D eigenvalue weighted by atomic mass is 10.1. The van der Waals surface area contributed by atoms with Gasteiger partial charge in [0, 0.05) is 6.20 Å². The Balaban J connectivity index is 1.66. The minimum absolute atomic E-state index is 0.210. The van der Waals surface area contributed by atoms with Crippen LogP contribution in [-0.2, 0) is 6.54 Å². The summed E-state index contributed by atoms with van der Waals surface area (Å²) in [6.45, 7) is 0.318. The molecule has 0 fully saturated rings. The molecule has 0 aliphatic carbocycles. The average Bonchev–Trinajstić information content (AvgIpc) is 3.16. The molecule has 0 radical (unpaired) electrons. The van der Waals surface area contributed by atoms with Gasteiger partial charge in [-0.25, -0.2) is 4.68 Å². The van der Waals surface area contributed by atoms with E-state index in [0.717, 1.165) is 5.56 Å². The number of aromatic nitrogens is 4.